The van der Waals surface area contributed by atoms with Crippen molar-refractivity contribution in [3.63, 3.8) is 0 Å². The molecule has 0 fully saturated rings. The van der Waals surface area contributed by atoms with Crippen molar-refractivity contribution in [1.82, 2.24) is 9.62 Å². The molecular formula is C27H33ClN2O4S. The largest absolute Gasteiger partial charge is 0.493 e. The second-order valence-electron chi connectivity index (χ2n) is 9.09. The molecule has 0 bridgehead atoms. The van der Waals surface area contributed by atoms with Gasteiger partial charge in [0.2, 0.25) is 10.0 Å². The highest BCUT2D eigenvalue weighted by Gasteiger charge is 2.36. The van der Waals surface area contributed by atoms with Gasteiger partial charge >= 0.3 is 0 Å². The summed E-state index contributed by atoms with van der Waals surface area (Å²) in [5, 5.41) is 1.69. The molecule has 0 aromatic heterocycles. The molecule has 1 aliphatic heterocycles. The van der Waals surface area contributed by atoms with Crippen LogP contribution in [0.4, 0.5) is 0 Å². The van der Waals surface area contributed by atoms with Gasteiger partial charge in [0.05, 0.1) is 19.1 Å². The molecule has 6 nitrogen and oxygen atoms in total. The summed E-state index contributed by atoms with van der Waals surface area (Å²) in [6.07, 6.45) is 4.87. The lowest BCUT2D eigenvalue weighted by atomic mass is 9.92. The van der Waals surface area contributed by atoms with Crippen molar-refractivity contribution in [3.05, 3.63) is 65.2 Å². The van der Waals surface area contributed by atoms with Gasteiger partial charge in [-0.25, -0.2) is 13.1 Å². The smallest absolute Gasteiger partial charge is 0.241 e. The van der Waals surface area contributed by atoms with Gasteiger partial charge in [-0.3, -0.25) is 4.90 Å². The summed E-state index contributed by atoms with van der Waals surface area (Å²) in [5.74, 6) is 1.72. The molecule has 0 radical (unpaired) electrons. The Morgan fingerprint density at radius 1 is 1.03 bits per heavy atom. The number of ether oxygens (including phenoxy) is 2. The molecular weight excluding hydrogens is 484 g/mol. The average Bonchev–Trinajstić information content (AvgIpc) is 3.30. The maximum atomic E-state index is 12.9. The highest BCUT2D eigenvalue weighted by atomic mass is 35.5. The van der Waals surface area contributed by atoms with E-state index in [4.69, 9.17) is 9.47 Å². The zero-order valence-corrected chi connectivity index (χ0v) is 21.9. The molecule has 3 aromatic rings. The lowest BCUT2D eigenvalue weighted by molar-refractivity contribution is 0.182. The highest BCUT2D eigenvalue weighted by Crippen LogP contribution is 2.48. The van der Waals surface area contributed by atoms with Gasteiger partial charge in [0.1, 0.15) is 0 Å². The van der Waals surface area contributed by atoms with Gasteiger partial charge < -0.3 is 9.47 Å². The maximum Gasteiger partial charge on any atom is 0.241 e. The topological polar surface area (TPSA) is 67.9 Å². The van der Waals surface area contributed by atoms with E-state index in [9.17, 15) is 8.42 Å². The molecule has 0 saturated carbocycles. The summed E-state index contributed by atoms with van der Waals surface area (Å²) in [6.45, 7) is 2.43. The second kappa shape index (κ2) is 10.7. The third-order valence-electron chi connectivity index (χ3n) is 7.21. The van der Waals surface area contributed by atoms with Crippen LogP contribution in [-0.4, -0.2) is 47.2 Å². The van der Waals surface area contributed by atoms with Gasteiger partial charge in [-0.1, -0.05) is 36.4 Å². The monoisotopic (exact) mass is 516 g/mol. The number of fused-ring (bicyclic) bond motifs is 1. The predicted molar refractivity (Wildman–Crippen MR) is 142 cm³/mol. The first-order chi connectivity index (χ1) is 16.5. The first-order valence-corrected chi connectivity index (χ1v) is 13.5. The summed E-state index contributed by atoms with van der Waals surface area (Å²) in [7, 11) is -0.125. The molecule has 0 saturated heterocycles. The van der Waals surface area contributed by atoms with E-state index in [1.807, 2.05) is 30.3 Å². The third kappa shape index (κ3) is 4.87. The number of unbranched alkanes of at least 4 members (excludes halogenated alkanes) is 1. The summed E-state index contributed by atoms with van der Waals surface area (Å²) < 4.78 is 39.9. The van der Waals surface area contributed by atoms with Crippen molar-refractivity contribution in [2.24, 2.45) is 0 Å². The molecule has 2 aliphatic rings. The Kier molecular flexibility index (Phi) is 7.91. The maximum absolute atomic E-state index is 12.9. The fourth-order valence-corrected chi connectivity index (χ4v) is 6.95. The van der Waals surface area contributed by atoms with Crippen LogP contribution >= 0.6 is 12.4 Å². The Labute approximate surface area is 214 Å². The first-order valence-electron chi connectivity index (χ1n) is 12.0. The van der Waals surface area contributed by atoms with Crippen LogP contribution in [0.3, 0.4) is 0 Å². The Morgan fingerprint density at radius 2 is 1.83 bits per heavy atom. The molecule has 1 aliphatic carbocycles. The summed E-state index contributed by atoms with van der Waals surface area (Å²) in [6, 6.07) is 15.6. The van der Waals surface area contributed by atoms with E-state index in [0.29, 0.717) is 17.5 Å². The number of nitrogens with one attached hydrogen (secondary N) is 1. The van der Waals surface area contributed by atoms with E-state index < -0.39 is 10.0 Å². The molecule has 0 spiro atoms. The minimum absolute atomic E-state index is 0. The van der Waals surface area contributed by atoms with E-state index in [1.54, 1.807) is 26.4 Å². The molecule has 0 amide bonds. The van der Waals surface area contributed by atoms with E-state index >= 15 is 0 Å². The number of hydrogen-bond acceptors (Lipinski definition) is 5. The zero-order chi connectivity index (χ0) is 23.7. The summed E-state index contributed by atoms with van der Waals surface area (Å²) in [4.78, 5) is 2.91. The van der Waals surface area contributed by atoms with Crippen LogP contribution in [0.1, 0.15) is 42.0 Å². The van der Waals surface area contributed by atoms with Crippen molar-refractivity contribution in [2.75, 3.05) is 33.9 Å². The lowest BCUT2D eigenvalue weighted by Gasteiger charge is -2.35. The zero-order valence-electron chi connectivity index (χ0n) is 20.2. The standard InChI is InChI=1S/C27H32N2O4S.ClH/c1-32-24-18-20-14-17-29(23-13-12-22(26(20)23)27(24)33-2)16-6-5-15-28-34(30,31)25-11-7-9-19-8-3-4-10-21(19)25;/h3-4,7-11,18,23,28H,5-6,12-17H2,1-2H3;1H. The normalized spacial score (nSPS) is 17.1. The van der Waals surface area contributed by atoms with Gasteiger partial charge in [0, 0.05) is 30.1 Å². The van der Waals surface area contributed by atoms with Crippen LogP contribution in [-0.2, 0) is 22.9 Å². The Morgan fingerprint density at radius 3 is 2.63 bits per heavy atom. The molecule has 188 valence electrons. The van der Waals surface area contributed by atoms with Gasteiger partial charge in [0.25, 0.3) is 0 Å². The van der Waals surface area contributed by atoms with E-state index in [2.05, 4.69) is 15.7 Å². The van der Waals surface area contributed by atoms with Crippen molar-refractivity contribution >= 4 is 33.2 Å². The van der Waals surface area contributed by atoms with Crippen molar-refractivity contribution < 1.29 is 17.9 Å². The number of sulfonamides is 1. The minimum atomic E-state index is -3.54. The number of benzene rings is 3. The third-order valence-corrected chi connectivity index (χ3v) is 8.73. The molecule has 1 heterocycles. The minimum Gasteiger partial charge on any atom is -0.493 e. The average molecular weight is 517 g/mol. The van der Waals surface area contributed by atoms with Gasteiger partial charge in [-0.15, -0.1) is 12.4 Å². The number of methoxy groups -OCH3 is 2. The fraction of sp³-hybridized carbons (Fsp3) is 0.407. The van der Waals surface area contributed by atoms with Gasteiger partial charge in [-0.2, -0.15) is 0 Å². The summed E-state index contributed by atoms with van der Waals surface area (Å²) >= 11 is 0. The van der Waals surface area contributed by atoms with Crippen LogP contribution in [0.5, 0.6) is 11.5 Å². The quantitative estimate of drug-likeness (QED) is 0.410. The highest BCUT2D eigenvalue weighted by molar-refractivity contribution is 7.89. The number of hydrogen-bond donors (Lipinski definition) is 1. The van der Waals surface area contributed by atoms with E-state index in [0.717, 1.165) is 67.5 Å². The van der Waals surface area contributed by atoms with E-state index in [1.165, 1.54) is 16.7 Å². The second-order valence-corrected chi connectivity index (χ2v) is 10.8. The van der Waals surface area contributed by atoms with Crippen molar-refractivity contribution in [1.29, 1.82) is 0 Å². The van der Waals surface area contributed by atoms with Crippen LogP contribution in [0, 0.1) is 0 Å². The first kappa shape index (κ1) is 25.8. The SMILES string of the molecule is COc1cc2c3c(c1OC)CCC3N(CCCCNS(=O)(=O)c1cccc3ccccc13)CC2.Cl. The fourth-order valence-electron chi connectivity index (χ4n) is 5.64. The Bertz CT molecular complexity index is 1310. The number of rotatable bonds is 9. The van der Waals surface area contributed by atoms with Crippen molar-refractivity contribution in [2.45, 2.75) is 43.0 Å². The van der Waals surface area contributed by atoms with Crippen LogP contribution in [0.15, 0.2) is 53.4 Å². The molecule has 5 rings (SSSR count). The van der Waals surface area contributed by atoms with Crippen LogP contribution in [0.2, 0.25) is 0 Å². The van der Waals surface area contributed by atoms with E-state index in [-0.39, 0.29) is 12.4 Å². The predicted octanol–water partition coefficient (Wildman–Crippen LogP) is 4.88. The number of nitrogens with zero attached hydrogens (tertiary/aromatic N) is 1. The molecule has 1 N–H and O–H groups in total. The van der Waals surface area contributed by atoms with Crippen LogP contribution < -0.4 is 14.2 Å². The molecule has 35 heavy (non-hydrogen) atoms. The summed E-state index contributed by atoms with van der Waals surface area (Å²) in [5.41, 5.74) is 4.12. The molecule has 1 unspecified atom stereocenters. The Balaban J connectivity index is 0.00000289. The van der Waals surface area contributed by atoms with Gasteiger partial charge in [0.15, 0.2) is 11.5 Å². The molecule has 8 heteroatoms. The van der Waals surface area contributed by atoms with Crippen molar-refractivity contribution in [3.8, 4) is 11.5 Å². The molecule has 3 aromatic carbocycles. The van der Waals surface area contributed by atoms with Crippen LogP contribution in [0.25, 0.3) is 10.8 Å². The number of halogens is 1. The Hall–Kier alpha value is -2.32. The lowest BCUT2D eigenvalue weighted by Crippen LogP contribution is -2.35. The molecule has 1 atom stereocenters. The van der Waals surface area contributed by atoms with Gasteiger partial charge in [-0.05, 0) is 67.3 Å².